The van der Waals surface area contributed by atoms with Crippen LogP contribution in [0.25, 0.3) is 0 Å². The van der Waals surface area contributed by atoms with Crippen molar-refractivity contribution < 1.29 is 22.7 Å². The van der Waals surface area contributed by atoms with Crippen molar-refractivity contribution in [3.8, 4) is 5.75 Å². The third kappa shape index (κ3) is 7.68. The Morgan fingerprint density at radius 3 is 2.24 bits per heavy atom. The van der Waals surface area contributed by atoms with Crippen LogP contribution in [-0.4, -0.2) is 95.1 Å². The van der Waals surface area contributed by atoms with Crippen molar-refractivity contribution in [2.24, 2.45) is 11.8 Å². The molecular formula is C28H47N3O5S. The quantitative estimate of drug-likeness (QED) is 0.379. The summed E-state index contributed by atoms with van der Waals surface area (Å²) in [5.74, 6) is 1.90. The van der Waals surface area contributed by atoms with Gasteiger partial charge in [-0.1, -0.05) is 0 Å². The van der Waals surface area contributed by atoms with Crippen molar-refractivity contribution in [1.29, 1.82) is 0 Å². The van der Waals surface area contributed by atoms with Gasteiger partial charge in [0, 0.05) is 33.2 Å². The highest BCUT2D eigenvalue weighted by Gasteiger charge is 2.30. The van der Waals surface area contributed by atoms with Gasteiger partial charge in [-0.05, 0) is 107 Å². The molecule has 1 aliphatic heterocycles. The molecule has 2 fully saturated rings. The number of hydrogen-bond acceptors (Lipinski definition) is 6. The van der Waals surface area contributed by atoms with E-state index in [1.54, 1.807) is 33.1 Å². The van der Waals surface area contributed by atoms with Gasteiger partial charge in [-0.2, -0.15) is 4.31 Å². The summed E-state index contributed by atoms with van der Waals surface area (Å²) in [5, 5.41) is 0. The lowest BCUT2D eigenvalue weighted by Gasteiger charge is -2.37. The summed E-state index contributed by atoms with van der Waals surface area (Å²) < 4.78 is 38.4. The van der Waals surface area contributed by atoms with Crippen molar-refractivity contribution in [3.05, 3.63) is 23.3 Å². The molecule has 2 aliphatic rings. The Labute approximate surface area is 224 Å². The van der Waals surface area contributed by atoms with E-state index in [2.05, 4.69) is 11.8 Å². The number of likely N-dealkylation sites (tertiary alicyclic amines) is 1. The molecule has 1 saturated heterocycles. The molecule has 210 valence electrons. The number of ether oxygens (including phenoxy) is 2. The highest BCUT2D eigenvalue weighted by Crippen LogP contribution is 2.33. The standard InChI is InChI=1S/C28H47N3O5S/c1-21-17-26(35-6)18-22(2)28(21)37(33,34)29(4)15-16-36-20-27(32)30(5)23(3)25-11-9-24(10-12-25)19-31-13-7-8-14-31/h17-18,23-25H,7-16,19-20H2,1-6H3/t23?,24-,25-. The molecule has 9 heteroatoms. The molecule has 1 aliphatic carbocycles. The van der Waals surface area contributed by atoms with Gasteiger partial charge in [0.2, 0.25) is 15.9 Å². The largest absolute Gasteiger partial charge is 0.497 e. The van der Waals surface area contributed by atoms with E-state index in [0.29, 0.717) is 22.8 Å². The Bertz CT molecular complexity index is 978. The monoisotopic (exact) mass is 537 g/mol. The first-order valence-electron chi connectivity index (χ1n) is 13.7. The van der Waals surface area contributed by atoms with E-state index < -0.39 is 10.0 Å². The van der Waals surface area contributed by atoms with Crippen LogP contribution in [0.5, 0.6) is 5.75 Å². The number of carbonyl (C=O) groups is 1. The first kappa shape index (κ1) is 29.9. The maximum absolute atomic E-state index is 13.1. The highest BCUT2D eigenvalue weighted by molar-refractivity contribution is 7.89. The van der Waals surface area contributed by atoms with Crippen LogP contribution >= 0.6 is 0 Å². The van der Waals surface area contributed by atoms with Crippen LogP contribution in [0.3, 0.4) is 0 Å². The van der Waals surface area contributed by atoms with Crippen molar-refractivity contribution in [2.45, 2.75) is 70.2 Å². The normalized spacial score (nSPS) is 21.8. The number of nitrogens with zero attached hydrogens (tertiary/aromatic N) is 3. The van der Waals surface area contributed by atoms with Crippen LogP contribution in [0, 0.1) is 25.7 Å². The zero-order chi connectivity index (χ0) is 27.2. The van der Waals surface area contributed by atoms with E-state index in [0.717, 1.165) is 5.92 Å². The number of rotatable bonds is 12. The van der Waals surface area contributed by atoms with Crippen LogP contribution in [0.2, 0.25) is 0 Å². The molecule has 3 rings (SSSR count). The molecule has 1 atom stereocenters. The van der Waals surface area contributed by atoms with Gasteiger partial charge >= 0.3 is 0 Å². The molecule has 1 saturated carbocycles. The average molecular weight is 538 g/mol. The molecule has 1 amide bonds. The Morgan fingerprint density at radius 1 is 1.08 bits per heavy atom. The van der Waals surface area contributed by atoms with E-state index in [-0.39, 0.29) is 36.6 Å². The molecule has 1 aromatic rings. The smallest absolute Gasteiger partial charge is 0.248 e. The topological polar surface area (TPSA) is 79.4 Å². The van der Waals surface area contributed by atoms with Gasteiger partial charge in [0.1, 0.15) is 12.4 Å². The van der Waals surface area contributed by atoms with Gasteiger partial charge in [-0.3, -0.25) is 4.79 Å². The van der Waals surface area contributed by atoms with E-state index in [1.807, 2.05) is 11.9 Å². The number of hydrogen-bond donors (Lipinski definition) is 0. The van der Waals surface area contributed by atoms with E-state index in [9.17, 15) is 13.2 Å². The molecule has 0 radical (unpaired) electrons. The summed E-state index contributed by atoms with van der Waals surface area (Å²) in [6.45, 7) is 9.71. The summed E-state index contributed by atoms with van der Waals surface area (Å²) in [6.07, 6.45) is 7.52. The lowest BCUT2D eigenvalue weighted by molar-refractivity contribution is -0.138. The molecule has 0 bridgehead atoms. The van der Waals surface area contributed by atoms with Crippen molar-refractivity contribution >= 4 is 15.9 Å². The van der Waals surface area contributed by atoms with Gasteiger partial charge in [-0.25, -0.2) is 8.42 Å². The van der Waals surface area contributed by atoms with Crippen LogP contribution in [0.1, 0.15) is 56.6 Å². The van der Waals surface area contributed by atoms with Crippen LogP contribution < -0.4 is 4.74 Å². The van der Waals surface area contributed by atoms with E-state index in [4.69, 9.17) is 9.47 Å². The van der Waals surface area contributed by atoms with Gasteiger partial charge in [0.25, 0.3) is 0 Å². The summed E-state index contributed by atoms with van der Waals surface area (Å²) >= 11 is 0. The lowest BCUT2D eigenvalue weighted by atomic mass is 9.78. The van der Waals surface area contributed by atoms with Crippen molar-refractivity contribution in [1.82, 2.24) is 14.1 Å². The van der Waals surface area contributed by atoms with E-state index >= 15 is 0 Å². The van der Waals surface area contributed by atoms with Crippen LogP contribution in [0.4, 0.5) is 0 Å². The van der Waals surface area contributed by atoms with Crippen molar-refractivity contribution in [3.63, 3.8) is 0 Å². The van der Waals surface area contributed by atoms with Gasteiger partial charge < -0.3 is 19.3 Å². The van der Waals surface area contributed by atoms with Gasteiger partial charge in [0.05, 0.1) is 18.6 Å². The Kier molecular flexibility index (Phi) is 10.8. The third-order valence-corrected chi connectivity index (χ3v) is 10.6. The molecule has 1 aromatic carbocycles. The molecule has 1 heterocycles. The second kappa shape index (κ2) is 13.4. The molecular weight excluding hydrogens is 490 g/mol. The molecule has 0 N–H and O–H groups in total. The highest BCUT2D eigenvalue weighted by atomic mass is 32.2. The molecule has 8 nitrogen and oxygen atoms in total. The number of sulfonamides is 1. The molecule has 0 spiro atoms. The molecule has 0 aromatic heterocycles. The summed E-state index contributed by atoms with van der Waals surface area (Å²) in [5.41, 5.74) is 1.28. The Hall–Kier alpha value is -1.68. The average Bonchev–Trinajstić information content (AvgIpc) is 3.38. The van der Waals surface area contributed by atoms with Gasteiger partial charge in [0.15, 0.2) is 0 Å². The SMILES string of the molecule is COc1cc(C)c(S(=O)(=O)N(C)CCOCC(=O)N(C)C(C)[C@H]2CC[C@H](CN3CCCC3)CC2)c(C)c1. The Balaban J connectivity index is 1.41. The molecule has 37 heavy (non-hydrogen) atoms. The minimum Gasteiger partial charge on any atom is -0.497 e. The predicted molar refractivity (Wildman–Crippen MR) is 146 cm³/mol. The number of methoxy groups -OCH3 is 1. The fourth-order valence-corrected chi connectivity index (χ4v) is 7.45. The minimum absolute atomic E-state index is 0.0420. The number of aryl methyl sites for hydroxylation is 2. The lowest BCUT2D eigenvalue weighted by Crippen LogP contribution is -2.43. The summed E-state index contributed by atoms with van der Waals surface area (Å²) in [6, 6.07) is 3.62. The maximum atomic E-state index is 13.1. The Morgan fingerprint density at radius 2 is 1.68 bits per heavy atom. The van der Waals surface area contributed by atoms with Gasteiger partial charge in [-0.15, -0.1) is 0 Å². The minimum atomic E-state index is -3.68. The second-order valence-electron chi connectivity index (χ2n) is 11.0. The first-order valence-corrected chi connectivity index (χ1v) is 15.2. The third-order valence-electron chi connectivity index (χ3n) is 8.41. The summed E-state index contributed by atoms with van der Waals surface area (Å²) in [4.78, 5) is 17.5. The fraction of sp³-hybridized carbons (Fsp3) is 0.750. The molecule has 1 unspecified atom stereocenters. The number of amides is 1. The zero-order valence-corrected chi connectivity index (χ0v) is 24.5. The zero-order valence-electron chi connectivity index (χ0n) is 23.7. The second-order valence-corrected chi connectivity index (χ2v) is 13.0. The van der Waals surface area contributed by atoms with E-state index in [1.165, 1.54) is 69.5 Å². The maximum Gasteiger partial charge on any atom is 0.248 e. The number of benzene rings is 1. The number of likely N-dealkylation sites (N-methyl/N-ethyl adjacent to an activating group) is 2. The fourth-order valence-electron chi connectivity index (χ4n) is 5.89. The van der Waals surface area contributed by atoms with Crippen LogP contribution in [-0.2, 0) is 19.6 Å². The van der Waals surface area contributed by atoms with Crippen LogP contribution in [0.15, 0.2) is 17.0 Å². The summed E-state index contributed by atoms with van der Waals surface area (Å²) in [7, 11) is 1.28. The predicted octanol–water partition coefficient (Wildman–Crippen LogP) is 3.70. The number of carbonyl (C=O) groups excluding carboxylic acids is 1. The van der Waals surface area contributed by atoms with Crippen molar-refractivity contribution in [2.75, 3.05) is 60.6 Å². The first-order chi connectivity index (χ1) is 17.5.